The van der Waals surface area contributed by atoms with Crippen molar-refractivity contribution >= 4 is 27.5 Å². The minimum atomic E-state index is -1.04. The molecule has 0 amide bonds. The van der Waals surface area contributed by atoms with Crippen LogP contribution < -0.4 is 11.2 Å². The molecule has 0 aliphatic heterocycles. The highest BCUT2D eigenvalue weighted by Crippen LogP contribution is 2.18. The summed E-state index contributed by atoms with van der Waals surface area (Å²) in [5, 5.41) is 8.98. The molecule has 0 spiro atoms. The quantitative estimate of drug-likeness (QED) is 0.835. The van der Waals surface area contributed by atoms with Crippen LogP contribution in [0.3, 0.4) is 0 Å². The lowest BCUT2D eigenvalue weighted by molar-refractivity contribution is -0.137. The Morgan fingerprint density at radius 1 is 1.53 bits per heavy atom. The second-order valence-corrected chi connectivity index (χ2v) is 4.89. The van der Waals surface area contributed by atoms with Gasteiger partial charge in [0.15, 0.2) is 0 Å². The number of hydrogen-bond acceptors (Lipinski definition) is 4. The van der Waals surface area contributed by atoms with Crippen molar-refractivity contribution in [2.24, 2.45) is 0 Å². The van der Waals surface area contributed by atoms with Gasteiger partial charge in [-0.3, -0.25) is 19.1 Å². The molecule has 2 aromatic heterocycles. The molecular formula is C10H10N2O4S. The Balaban J connectivity index is 2.59. The van der Waals surface area contributed by atoms with Crippen molar-refractivity contribution in [1.29, 1.82) is 0 Å². The summed E-state index contributed by atoms with van der Waals surface area (Å²) >= 11 is 1.33. The number of aryl methyl sites for hydroxylation is 1. The summed E-state index contributed by atoms with van der Waals surface area (Å²) in [6.45, 7) is 1.72. The number of hydrogen-bond donors (Lipinski definition) is 2. The van der Waals surface area contributed by atoms with Gasteiger partial charge in [0.25, 0.3) is 5.56 Å². The molecule has 0 aromatic carbocycles. The molecule has 0 bridgehead atoms. The molecule has 2 aromatic rings. The van der Waals surface area contributed by atoms with Crippen LogP contribution in [0.1, 0.15) is 11.3 Å². The van der Waals surface area contributed by atoms with Gasteiger partial charge < -0.3 is 5.11 Å². The fourth-order valence-corrected chi connectivity index (χ4v) is 2.47. The highest BCUT2D eigenvalue weighted by Gasteiger charge is 2.10. The third-order valence-corrected chi connectivity index (χ3v) is 3.31. The van der Waals surface area contributed by atoms with Crippen LogP contribution in [-0.2, 0) is 11.3 Å². The minimum Gasteiger partial charge on any atom is -0.481 e. The Bertz CT molecular complexity index is 694. The molecule has 2 N–H and O–H groups in total. The molecule has 2 rings (SSSR count). The van der Waals surface area contributed by atoms with E-state index in [4.69, 9.17) is 5.11 Å². The van der Waals surface area contributed by atoms with Gasteiger partial charge in [-0.2, -0.15) is 0 Å². The average molecular weight is 254 g/mol. The average Bonchev–Trinajstić information content (AvgIpc) is 2.58. The standard InChI is InChI=1S/C10H10N2O4S/c1-5-4-6-8(17-5)11-10(16)12(9(6)15)3-2-7(13)14/h4H,2-3H2,1H3,(H,11,16)(H,13,14). The van der Waals surface area contributed by atoms with E-state index in [0.29, 0.717) is 10.2 Å². The molecular weight excluding hydrogens is 244 g/mol. The first-order chi connectivity index (χ1) is 7.99. The number of carbonyl (C=O) groups is 1. The van der Waals surface area contributed by atoms with Crippen LogP contribution in [0.4, 0.5) is 0 Å². The maximum absolute atomic E-state index is 11.9. The first-order valence-corrected chi connectivity index (χ1v) is 5.76. The van der Waals surface area contributed by atoms with Crippen LogP contribution in [-0.4, -0.2) is 20.6 Å². The summed E-state index contributed by atoms with van der Waals surface area (Å²) in [5.41, 5.74) is -1.00. The number of nitrogens with zero attached hydrogens (tertiary/aromatic N) is 1. The lowest BCUT2D eigenvalue weighted by atomic mass is 10.3. The monoisotopic (exact) mass is 254 g/mol. The molecule has 6 nitrogen and oxygen atoms in total. The van der Waals surface area contributed by atoms with E-state index in [-0.39, 0.29) is 13.0 Å². The predicted molar refractivity (Wildman–Crippen MR) is 63.7 cm³/mol. The number of aromatic nitrogens is 2. The maximum atomic E-state index is 11.9. The Kier molecular flexibility index (Phi) is 2.84. The van der Waals surface area contributed by atoms with E-state index in [1.807, 2.05) is 6.92 Å². The van der Waals surface area contributed by atoms with Gasteiger partial charge in [-0.05, 0) is 13.0 Å². The molecule has 0 unspecified atom stereocenters. The lowest BCUT2D eigenvalue weighted by Gasteiger charge is -2.01. The Labute approximate surface area is 99.1 Å². The zero-order valence-corrected chi connectivity index (χ0v) is 9.84. The van der Waals surface area contributed by atoms with E-state index in [1.54, 1.807) is 6.07 Å². The van der Waals surface area contributed by atoms with Crippen molar-refractivity contribution in [3.63, 3.8) is 0 Å². The van der Waals surface area contributed by atoms with E-state index < -0.39 is 17.2 Å². The van der Waals surface area contributed by atoms with E-state index >= 15 is 0 Å². The molecule has 0 aliphatic rings. The van der Waals surface area contributed by atoms with Crippen LogP contribution in [0.5, 0.6) is 0 Å². The summed E-state index contributed by atoms with van der Waals surface area (Å²) in [7, 11) is 0. The number of H-pyrrole nitrogens is 1. The summed E-state index contributed by atoms with van der Waals surface area (Å²) in [4.78, 5) is 38.0. The highest BCUT2D eigenvalue weighted by molar-refractivity contribution is 7.18. The van der Waals surface area contributed by atoms with Crippen molar-refractivity contribution in [3.8, 4) is 0 Å². The molecule has 7 heteroatoms. The molecule has 0 atom stereocenters. The molecule has 0 saturated carbocycles. The fraction of sp³-hybridized carbons (Fsp3) is 0.300. The molecule has 90 valence electrons. The van der Waals surface area contributed by atoms with E-state index in [2.05, 4.69) is 4.98 Å². The van der Waals surface area contributed by atoms with E-state index in [9.17, 15) is 14.4 Å². The summed E-state index contributed by atoms with van der Waals surface area (Å²) in [6, 6.07) is 1.69. The van der Waals surface area contributed by atoms with E-state index in [1.165, 1.54) is 11.3 Å². The lowest BCUT2D eigenvalue weighted by Crippen LogP contribution is -2.35. The number of aliphatic carboxylic acids is 1. The maximum Gasteiger partial charge on any atom is 0.329 e. The largest absolute Gasteiger partial charge is 0.481 e. The summed E-state index contributed by atoms with van der Waals surface area (Å²) in [6.07, 6.45) is -0.252. The highest BCUT2D eigenvalue weighted by atomic mass is 32.1. The first kappa shape index (κ1) is 11.6. The molecule has 0 fully saturated rings. The zero-order chi connectivity index (χ0) is 12.6. The second-order valence-electron chi connectivity index (χ2n) is 3.63. The van der Waals surface area contributed by atoms with Gasteiger partial charge in [0, 0.05) is 11.4 Å². The van der Waals surface area contributed by atoms with Gasteiger partial charge in [-0.25, -0.2) is 4.79 Å². The molecule has 0 radical (unpaired) electrons. The van der Waals surface area contributed by atoms with Gasteiger partial charge in [-0.1, -0.05) is 0 Å². The second kappa shape index (κ2) is 4.17. The number of rotatable bonds is 3. The summed E-state index contributed by atoms with van der Waals surface area (Å²) in [5.74, 6) is -1.04. The number of aromatic amines is 1. The minimum absolute atomic E-state index is 0.117. The van der Waals surface area contributed by atoms with Crippen LogP contribution in [0.15, 0.2) is 15.7 Å². The van der Waals surface area contributed by atoms with Gasteiger partial charge in [0.2, 0.25) is 0 Å². The third-order valence-electron chi connectivity index (χ3n) is 2.35. The van der Waals surface area contributed by atoms with Crippen molar-refractivity contribution in [1.82, 2.24) is 9.55 Å². The number of nitrogens with one attached hydrogen (secondary N) is 1. The zero-order valence-electron chi connectivity index (χ0n) is 9.02. The topological polar surface area (TPSA) is 92.2 Å². The van der Waals surface area contributed by atoms with E-state index in [0.717, 1.165) is 9.44 Å². The van der Waals surface area contributed by atoms with Crippen LogP contribution in [0, 0.1) is 6.92 Å². The third kappa shape index (κ3) is 2.14. The molecule has 0 aliphatic carbocycles. The summed E-state index contributed by atoms with van der Waals surface area (Å²) < 4.78 is 0.919. The van der Waals surface area contributed by atoms with Gasteiger partial charge >= 0.3 is 11.7 Å². The van der Waals surface area contributed by atoms with Gasteiger partial charge in [-0.15, -0.1) is 11.3 Å². The number of thiophene rings is 1. The van der Waals surface area contributed by atoms with Crippen molar-refractivity contribution in [3.05, 3.63) is 31.8 Å². The molecule has 0 saturated heterocycles. The predicted octanol–water partition coefficient (Wildman–Crippen LogP) is 0.534. The molecule has 17 heavy (non-hydrogen) atoms. The Morgan fingerprint density at radius 2 is 2.24 bits per heavy atom. The van der Waals surface area contributed by atoms with Crippen molar-refractivity contribution in [2.45, 2.75) is 19.9 Å². The van der Waals surface area contributed by atoms with Crippen LogP contribution in [0.2, 0.25) is 0 Å². The Morgan fingerprint density at radius 3 is 2.88 bits per heavy atom. The Hall–Kier alpha value is -1.89. The normalized spacial score (nSPS) is 10.9. The van der Waals surface area contributed by atoms with Gasteiger partial charge in [0.1, 0.15) is 4.83 Å². The van der Waals surface area contributed by atoms with Crippen LogP contribution >= 0.6 is 11.3 Å². The van der Waals surface area contributed by atoms with Crippen LogP contribution in [0.25, 0.3) is 10.2 Å². The number of carboxylic acids is 1. The smallest absolute Gasteiger partial charge is 0.329 e. The molecule has 2 heterocycles. The number of fused-ring (bicyclic) bond motifs is 1. The fourth-order valence-electron chi connectivity index (χ4n) is 1.58. The number of carboxylic acid groups (broad SMARTS) is 1. The van der Waals surface area contributed by atoms with Gasteiger partial charge in [0.05, 0.1) is 11.8 Å². The van der Waals surface area contributed by atoms with Crippen molar-refractivity contribution < 1.29 is 9.90 Å². The SMILES string of the molecule is Cc1cc2c(=O)n(CCC(=O)O)c(=O)[nH]c2s1. The first-order valence-electron chi connectivity index (χ1n) is 4.94. The van der Waals surface area contributed by atoms with Crippen molar-refractivity contribution in [2.75, 3.05) is 0 Å².